The maximum Gasteiger partial charge on any atom is 0.327 e. The molecule has 25 heavy (non-hydrogen) atoms. The number of nitrogens with zero attached hydrogens (tertiary/aromatic N) is 3. The van der Waals surface area contributed by atoms with E-state index in [0.29, 0.717) is 36.9 Å². The summed E-state index contributed by atoms with van der Waals surface area (Å²) in [4.78, 5) is 28.4. The van der Waals surface area contributed by atoms with Crippen LogP contribution in [0.2, 0.25) is 5.02 Å². The van der Waals surface area contributed by atoms with E-state index in [9.17, 15) is 9.59 Å². The molecule has 1 aliphatic heterocycles. The van der Waals surface area contributed by atoms with E-state index in [1.54, 1.807) is 29.3 Å². The van der Waals surface area contributed by atoms with Crippen molar-refractivity contribution in [2.24, 2.45) is 0 Å². The van der Waals surface area contributed by atoms with Gasteiger partial charge in [0.25, 0.3) is 5.91 Å². The predicted octanol–water partition coefficient (Wildman–Crippen LogP) is 1.74. The quantitative estimate of drug-likeness (QED) is 0.838. The number of carbonyl (C=O) groups is 2. The number of rotatable bonds is 4. The molecule has 1 N–H and O–H groups in total. The van der Waals surface area contributed by atoms with Crippen LogP contribution in [0.1, 0.15) is 22.1 Å². The van der Waals surface area contributed by atoms with E-state index < -0.39 is 6.04 Å². The van der Waals surface area contributed by atoms with Gasteiger partial charge in [0.05, 0.1) is 7.11 Å². The molecule has 1 aromatic heterocycles. The molecule has 0 bridgehead atoms. The molecular formula is C17H19ClN4O3. The van der Waals surface area contributed by atoms with Gasteiger partial charge in [0.2, 0.25) is 0 Å². The number of hydrogen-bond donors (Lipinski definition) is 1. The summed E-state index contributed by atoms with van der Waals surface area (Å²) in [6.07, 6.45) is 1.55. The molecular weight excluding hydrogens is 344 g/mol. The smallest absolute Gasteiger partial charge is 0.327 e. The third-order valence-electron chi connectivity index (χ3n) is 4.31. The first-order chi connectivity index (χ1) is 12.1. The molecule has 2 heterocycles. The number of esters is 1. The number of methoxy groups -OCH3 is 1. The van der Waals surface area contributed by atoms with Crippen molar-refractivity contribution in [2.75, 3.05) is 33.3 Å². The third-order valence-corrected chi connectivity index (χ3v) is 4.56. The molecule has 3 rings (SSSR count). The zero-order valence-corrected chi connectivity index (χ0v) is 14.6. The van der Waals surface area contributed by atoms with Crippen LogP contribution in [0.4, 0.5) is 0 Å². The minimum Gasteiger partial charge on any atom is -0.468 e. The van der Waals surface area contributed by atoms with Crippen molar-refractivity contribution in [3.05, 3.63) is 52.8 Å². The number of piperazine rings is 1. The molecule has 132 valence electrons. The number of ether oxygens (including phenoxy) is 1. The number of H-pyrrole nitrogens is 1. The molecule has 0 aliphatic carbocycles. The summed E-state index contributed by atoms with van der Waals surface area (Å²) in [7, 11) is 1.38. The van der Waals surface area contributed by atoms with E-state index in [-0.39, 0.29) is 11.9 Å². The SMILES string of the molecule is COC(=O)C(c1ccc(Cl)cc1)N1CCN(C(=O)c2ccn[nH]2)CC1. The van der Waals surface area contributed by atoms with Gasteiger partial charge in [-0.05, 0) is 23.8 Å². The number of carbonyl (C=O) groups excluding carboxylic acids is 2. The van der Waals surface area contributed by atoms with Gasteiger partial charge >= 0.3 is 5.97 Å². The second kappa shape index (κ2) is 7.67. The second-order valence-corrected chi connectivity index (χ2v) is 6.21. The van der Waals surface area contributed by atoms with Crippen LogP contribution in [-0.4, -0.2) is 65.2 Å². The van der Waals surface area contributed by atoms with E-state index in [4.69, 9.17) is 16.3 Å². The Labute approximate surface area is 150 Å². The lowest BCUT2D eigenvalue weighted by Gasteiger charge is -2.38. The summed E-state index contributed by atoms with van der Waals surface area (Å²) < 4.78 is 4.98. The van der Waals surface area contributed by atoms with Crippen LogP contribution < -0.4 is 0 Å². The van der Waals surface area contributed by atoms with Crippen LogP contribution >= 0.6 is 11.6 Å². The molecule has 1 aromatic carbocycles. The molecule has 1 unspecified atom stereocenters. The van der Waals surface area contributed by atoms with E-state index in [2.05, 4.69) is 10.2 Å². The topological polar surface area (TPSA) is 78.5 Å². The Morgan fingerprint density at radius 1 is 1.16 bits per heavy atom. The maximum atomic E-state index is 12.4. The maximum absolute atomic E-state index is 12.4. The number of nitrogens with one attached hydrogen (secondary N) is 1. The summed E-state index contributed by atoms with van der Waals surface area (Å²) in [6.45, 7) is 2.20. The predicted molar refractivity (Wildman–Crippen MR) is 92.3 cm³/mol. The Bertz CT molecular complexity index is 725. The van der Waals surface area contributed by atoms with E-state index in [1.807, 2.05) is 17.0 Å². The molecule has 8 heteroatoms. The number of halogens is 1. The highest BCUT2D eigenvalue weighted by Gasteiger charge is 2.32. The van der Waals surface area contributed by atoms with Gasteiger partial charge in [0.1, 0.15) is 11.7 Å². The van der Waals surface area contributed by atoms with Crippen molar-refractivity contribution >= 4 is 23.5 Å². The van der Waals surface area contributed by atoms with Crippen molar-refractivity contribution in [1.82, 2.24) is 20.0 Å². The molecule has 1 atom stereocenters. The third kappa shape index (κ3) is 3.83. The standard InChI is InChI=1S/C17H19ClN4O3/c1-25-17(24)15(12-2-4-13(18)5-3-12)21-8-10-22(11-9-21)16(23)14-6-7-19-20-14/h2-7,15H,8-11H2,1H3,(H,19,20). The van der Waals surface area contributed by atoms with Crippen LogP contribution in [-0.2, 0) is 9.53 Å². The average Bonchev–Trinajstić information content (AvgIpc) is 3.18. The molecule has 0 radical (unpaired) electrons. The molecule has 1 fully saturated rings. The van der Waals surface area contributed by atoms with Gasteiger partial charge in [-0.2, -0.15) is 5.10 Å². The summed E-state index contributed by atoms with van der Waals surface area (Å²) in [5.41, 5.74) is 1.29. The van der Waals surface area contributed by atoms with Crippen molar-refractivity contribution in [2.45, 2.75) is 6.04 Å². The average molecular weight is 363 g/mol. The largest absolute Gasteiger partial charge is 0.468 e. The van der Waals surface area contributed by atoms with Crippen LogP contribution in [0.5, 0.6) is 0 Å². The molecule has 1 amide bonds. The minimum absolute atomic E-state index is 0.0849. The van der Waals surface area contributed by atoms with Crippen molar-refractivity contribution < 1.29 is 14.3 Å². The molecule has 1 saturated heterocycles. The lowest BCUT2D eigenvalue weighted by Crippen LogP contribution is -2.51. The summed E-state index contributed by atoms with van der Waals surface area (Å²) >= 11 is 5.94. The van der Waals surface area contributed by atoms with E-state index in [0.717, 1.165) is 5.56 Å². The first-order valence-electron chi connectivity index (χ1n) is 7.96. The Morgan fingerprint density at radius 3 is 2.40 bits per heavy atom. The summed E-state index contributed by atoms with van der Waals surface area (Å²) in [5, 5.41) is 7.11. The lowest BCUT2D eigenvalue weighted by molar-refractivity contribution is -0.148. The number of hydrogen-bond acceptors (Lipinski definition) is 5. The van der Waals surface area contributed by atoms with Gasteiger partial charge in [0.15, 0.2) is 0 Å². The van der Waals surface area contributed by atoms with Crippen molar-refractivity contribution in [3.63, 3.8) is 0 Å². The Kier molecular flexibility index (Phi) is 5.35. The number of aromatic amines is 1. The molecule has 0 saturated carbocycles. The van der Waals surface area contributed by atoms with Crippen molar-refractivity contribution in [1.29, 1.82) is 0 Å². The lowest BCUT2D eigenvalue weighted by atomic mass is 10.0. The highest BCUT2D eigenvalue weighted by atomic mass is 35.5. The first-order valence-corrected chi connectivity index (χ1v) is 8.34. The molecule has 2 aromatic rings. The van der Waals surface area contributed by atoms with Gasteiger partial charge in [-0.25, -0.2) is 4.79 Å². The summed E-state index contributed by atoms with van der Waals surface area (Å²) in [6, 6.07) is 8.31. The molecule has 1 aliphatic rings. The molecule has 0 spiro atoms. The molecule has 7 nitrogen and oxygen atoms in total. The highest BCUT2D eigenvalue weighted by molar-refractivity contribution is 6.30. The number of benzene rings is 1. The Morgan fingerprint density at radius 2 is 1.84 bits per heavy atom. The fourth-order valence-corrected chi connectivity index (χ4v) is 3.11. The normalized spacial score (nSPS) is 16.5. The fourth-order valence-electron chi connectivity index (χ4n) is 2.98. The zero-order valence-electron chi connectivity index (χ0n) is 13.8. The number of amides is 1. The van der Waals surface area contributed by atoms with Crippen molar-refractivity contribution in [3.8, 4) is 0 Å². The highest BCUT2D eigenvalue weighted by Crippen LogP contribution is 2.25. The van der Waals surface area contributed by atoms with Gasteiger partial charge in [-0.1, -0.05) is 23.7 Å². The monoisotopic (exact) mass is 362 g/mol. The first kappa shape index (κ1) is 17.4. The van der Waals surface area contributed by atoms with E-state index in [1.165, 1.54) is 7.11 Å². The Balaban J connectivity index is 1.71. The van der Waals surface area contributed by atoms with Crippen LogP contribution in [0.15, 0.2) is 36.5 Å². The van der Waals surface area contributed by atoms with Gasteiger partial charge in [-0.3, -0.25) is 14.8 Å². The Hall–Kier alpha value is -2.38. The minimum atomic E-state index is -0.508. The zero-order chi connectivity index (χ0) is 17.8. The number of aromatic nitrogens is 2. The van der Waals surface area contributed by atoms with Crippen LogP contribution in [0.25, 0.3) is 0 Å². The summed E-state index contributed by atoms with van der Waals surface area (Å²) in [5.74, 6) is -0.408. The van der Waals surface area contributed by atoms with Crippen LogP contribution in [0, 0.1) is 0 Å². The van der Waals surface area contributed by atoms with E-state index >= 15 is 0 Å². The van der Waals surface area contributed by atoms with Gasteiger partial charge < -0.3 is 9.64 Å². The second-order valence-electron chi connectivity index (χ2n) is 5.78. The van der Waals surface area contributed by atoms with Gasteiger partial charge in [-0.15, -0.1) is 0 Å². The van der Waals surface area contributed by atoms with Gasteiger partial charge in [0, 0.05) is 37.4 Å². The fraction of sp³-hybridized carbons (Fsp3) is 0.353. The van der Waals surface area contributed by atoms with Crippen LogP contribution in [0.3, 0.4) is 0 Å².